The van der Waals surface area contributed by atoms with E-state index in [0.29, 0.717) is 19.4 Å². The first-order valence-corrected chi connectivity index (χ1v) is 6.52. The zero-order valence-corrected chi connectivity index (χ0v) is 10.2. The van der Waals surface area contributed by atoms with Crippen molar-refractivity contribution in [3.8, 4) is 6.07 Å². The standard InChI is InChI=1S/C13H20N2O2/c14-9-12(5-1-2-6-12)11(16)15-10-13(17)7-3-4-8-13/h17H,1-8,10H2,(H,15,16). The molecule has 0 saturated heterocycles. The zero-order valence-electron chi connectivity index (χ0n) is 10.2. The predicted octanol–water partition coefficient (Wildman–Crippen LogP) is 1.49. The molecule has 0 unspecified atom stereocenters. The fraction of sp³-hybridized carbons (Fsp3) is 0.846. The molecule has 2 saturated carbocycles. The Bertz CT molecular complexity index is 334. The van der Waals surface area contributed by atoms with Gasteiger partial charge < -0.3 is 10.4 Å². The molecule has 0 bridgehead atoms. The highest BCUT2D eigenvalue weighted by atomic mass is 16.3. The van der Waals surface area contributed by atoms with Crippen LogP contribution in [0.15, 0.2) is 0 Å². The Morgan fingerprint density at radius 2 is 1.71 bits per heavy atom. The van der Waals surface area contributed by atoms with Gasteiger partial charge in [0.15, 0.2) is 0 Å². The lowest BCUT2D eigenvalue weighted by Gasteiger charge is -2.25. The zero-order chi connectivity index (χ0) is 12.4. The van der Waals surface area contributed by atoms with E-state index in [9.17, 15) is 9.90 Å². The van der Waals surface area contributed by atoms with Gasteiger partial charge in [-0.2, -0.15) is 5.26 Å². The van der Waals surface area contributed by atoms with E-state index < -0.39 is 11.0 Å². The third-order valence-electron chi connectivity index (χ3n) is 4.22. The molecule has 0 spiro atoms. The Morgan fingerprint density at radius 1 is 1.18 bits per heavy atom. The third-order valence-corrected chi connectivity index (χ3v) is 4.22. The number of carbonyl (C=O) groups is 1. The molecule has 0 aromatic carbocycles. The molecule has 0 aromatic rings. The van der Waals surface area contributed by atoms with Crippen LogP contribution in [0, 0.1) is 16.7 Å². The summed E-state index contributed by atoms with van der Waals surface area (Å²) in [7, 11) is 0. The lowest BCUT2D eigenvalue weighted by atomic mass is 9.86. The first-order chi connectivity index (χ1) is 8.10. The van der Waals surface area contributed by atoms with E-state index in [4.69, 9.17) is 5.26 Å². The summed E-state index contributed by atoms with van der Waals surface area (Å²) in [5.41, 5.74) is -1.56. The van der Waals surface area contributed by atoms with Gasteiger partial charge in [0.1, 0.15) is 5.41 Å². The molecule has 17 heavy (non-hydrogen) atoms. The van der Waals surface area contributed by atoms with Crippen LogP contribution in [-0.4, -0.2) is 23.2 Å². The Labute approximate surface area is 102 Å². The minimum absolute atomic E-state index is 0.183. The molecule has 2 aliphatic carbocycles. The summed E-state index contributed by atoms with van der Waals surface area (Å²) in [6.45, 7) is 0.301. The van der Waals surface area contributed by atoms with Crippen LogP contribution in [0.4, 0.5) is 0 Å². The molecule has 0 heterocycles. The second kappa shape index (κ2) is 4.66. The van der Waals surface area contributed by atoms with E-state index >= 15 is 0 Å². The lowest BCUT2D eigenvalue weighted by molar-refractivity contribution is -0.129. The van der Waals surface area contributed by atoms with Crippen molar-refractivity contribution in [1.29, 1.82) is 5.26 Å². The number of carbonyl (C=O) groups excluding carboxylic acids is 1. The molecule has 2 aliphatic rings. The highest BCUT2D eigenvalue weighted by Gasteiger charge is 2.42. The monoisotopic (exact) mass is 236 g/mol. The number of nitrogens with zero attached hydrogens (tertiary/aromatic N) is 1. The molecule has 4 heteroatoms. The third kappa shape index (κ3) is 2.44. The van der Waals surface area contributed by atoms with Gasteiger partial charge in [0.25, 0.3) is 0 Å². The normalized spacial score (nSPS) is 25.4. The molecular weight excluding hydrogens is 216 g/mol. The van der Waals surface area contributed by atoms with Gasteiger partial charge in [0, 0.05) is 6.54 Å². The van der Waals surface area contributed by atoms with Crippen molar-refractivity contribution >= 4 is 5.91 Å². The van der Waals surface area contributed by atoms with Crippen LogP contribution in [0.2, 0.25) is 0 Å². The van der Waals surface area contributed by atoms with Gasteiger partial charge in [-0.3, -0.25) is 4.79 Å². The summed E-state index contributed by atoms with van der Waals surface area (Å²) in [4.78, 5) is 12.1. The van der Waals surface area contributed by atoms with Crippen molar-refractivity contribution in [1.82, 2.24) is 5.32 Å². The summed E-state index contributed by atoms with van der Waals surface area (Å²) in [5.74, 6) is -0.183. The number of amides is 1. The highest BCUT2D eigenvalue weighted by Crippen LogP contribution is 2.38. The predicted molar refractivity (Wildman–Crippen MR) is 62.9 cm³/mol. The molecule has 2 rings (SSSR count). The minimum atomic E-state index is -0.824. The Morgan fingerprint density at radius 3 is 2.24 bits per heavy atom. The number of hydrogen-bond acceptors (Lipinski definition) is 3. The summed E-state index contributed by atoms with van der Waals surface area (Å²) in [6, 6.07) is 2.17. The smallest absolute Gasteiger partial charge is 0.240 e. The first kappa shape index (κ1) is 12.4. The molecule has 0 aromatic heterocycles. The van der Waals surface area contributed by atoms with Crippen molar-refractivity contribution in [3.05, 3.63) is 0 Å². The van der Waals surface area contributed by atoms with Gasteiger partial charge in [-0.05, 0) is 25.7 Å². The maximum atomic E-state index is 12.1. The van der Waals surface area contributed by atoms with Crippen molar-refractivity contribution in [2.45, 2.75) is 57.0 Å². The molecule has 2 N–H and O–H groups in total. The SMILES string of the molecule is N#CC1(C(=O)NCC2(O)CCCC2)CCCC1. The van der Waals surface area contributed by atoms with Crippen molar-refractivity contribution in [2.24, 2.45) is 5.41 Å². The molecule has 94 valence electrons. The van der Waals surface area contributed by atoms with Crippen LogP contribution in [0.25, 0.3) is 0 Å². The molecule has 0 atom stereocenters. The second-order valence-electron chi connectivity index (χ2n) is 5.52. The number of nitriles is 1. The number of rotatable bonds is 3. The van der Waals surface area contributed by atoms with Crippen molar-refractivity contribution in [3.63, 3.8) is 0 Å². The van der Waals surface area contributed by atoms with Gasteiger partial charge >= 0.3 is 0 Å². The van der Waals surface area contributed by atoms with Gasteiger partial charge in [-0.1, -0.05) is 25.7 Å². The second-order valence-corrected chi connectivity index (χ2v) is 5.52. The summed E-state index contributed by atoms with van der Waals surface area (Å²) >= 11 is 0. The van der Waals surface area contributed by atoms with E-state index in [2.05, 4.69) is 11.4 Å². The fourth-order valence-corrected chi connectivity index (χ4v) is 2.99. The Kier molecular flexibility index (Phi) is 3.39. The Balaban J connectivity index is 1.91. The topological polar surface area (TPSA) is 73.1 Å². The van der Waals surface area contributed by atoms with Gasteiger partial charge in [0.05, 0.1) is 11.7 Å². The average Bonchev–Trinajstić information content (AvgIpc) is 2.96. The van der Waals surface area contributed by atoms with Crippen LogP contribution in [0.1, 0.15) is 51.4 Å². The van der Waals surface area contributed by atoms with Gasteiger partial charge in [-0.25, -0.2) is 0 Å². The molecule has 2 fully saturated rings. The van der Waals surface area contributed by atoms with E-state index in [1.54, 1.807) is 0 Å². The van der Waals surface area contributed by atoms with Crippen molar-refractivity contribution < 1.29 is 9.90 Å². The molecular formula is C13H20N2O2. The number of nitrogens with one attached hydrogen (secondary N) is 1. The largest absolute Gasteiger partial charge is 0.388 e. The van der Waals surface area contributed by atoms with Gasteiger partial charge in [0.2, 0.25) is 5.91 Å². The maximum Gasteiger partial charge on any atom is 0.240 e. The minimum Gasteiger partial charge on any atom is -0.388 e. The molecule has 4 nitrogen and oxygen atoms in total. The maximum absolute atomic E-state index is 12.1. The lowest BCUT2D eigenvalue weighted by Crippen LogP contribution is -2.46. The summed E-state index contributed by atoms with van der Waals surface area (Å²) in [5, 5.41) is 22.1. The van der Waals surface area contributed by atoms with Crippen LogP contribution >= 0.6 is 0 Å². The summed E-state index contributed by atoms with van der Waals surface area (Å²) in [6.07, 6.45) is 6.78. The van der Waals surface area contributed by atoms with Crippen LogP contribution < -0.4 is 5.32 Å². The van der Waals surface area contributed by atoms with Gasteiger partial charge in [-0.15, -0.1) is 0 Å². The Hall–Kier alpha value is -1.08. The van der Waals surface area contributed by atoms with Crippen molar-refractivity contribution in [2.75, 3.05) is 6.54 Å². The quantitative estimate of drug-likeness (QED) is 0.779. The number of aliphatic hydroxyl groups is 1. The molecule has 0 aliphatic heterocycles. The fourth-order valence-electron chi connectivity index (χ4n) is 2.99. The van der Waals surface area contributed by atoms with Crippen LogP contribution in [0.5, 0.6) is 0 Å². The molecule has 1 amide bonds. The highest BCUT2D eigenvalue weighted by molar-refractivity contribution is 5.85. The van der Waals surface area contributed by atoms with E-state index in [-0.39, 0.29) is 5.91 Å². The number of hydrogen-bond donors (Lipinski definition) is 2. The van der Waals surface area contributed by atoms with Crippen LogP contribution in [0.3, 0.4) is 0 Å². The average molecular weight is 236 g/mol. The molecule has 0 radical (unpaired) electrons. The first-order valence-electron chi connectivity index (χ1n) is 6.52. The van der Waals surface area contributed by atoms with E-state index in [0.717, 1.165) is 38.5 Å². The van der Waals surface area contributed by atoms with Crippen LogP contribution in [-0.2, 0) is 4.79 Å². The summed E-state index contributed by atoms with van der Waals surface area (Å²) < 4.78 is 0. The van der Waals surface area contributed by atoms with E-state index in [1.807, 2.05) is 0 Å². The van der Waals surface area contributed by atoms with E-state index in [1.165, 1.54) is 0 Å².